The highest BCUT2D eigenvalue weighted by atomic mass is 19.1. The number of phenols is 1. The maximum Gasteiger partial charge on any atom is 0.311 e. The van der Waals surface area contributed by atoms with Crippen LogP contribution < -0.4 is 4.90 Å². The van der Waals surface area contributed by atoms with Crippen molar-refractivity contribution in [2.75, 3.05) is 18.6 Å². The molecule has 0 aromatic heterocycles. The van der Waals surface area contributed by atoms with E-state index in [-0.39, 0.29) is 30.3 Å². The molecule has 2 rings (SSSR count). The molecule has 5 nitrogen and oxygen atoms in total. The van der Waals surface area contributed by atoms with Crippen LogP contribution in [0, 0.1) is 11.7 Å². The zero-order chi connectivity index (χ0) is 13.3. The van der Waals surface area contributed by atoms with Crippen LogP contribution in [-0.4, -0.2) is 30.6 Å². The zero-order valence-corrected chi connectivity index (χ0v) is 9.72. The van der Waals surface area contributed by atoms with Crippen molar-refractivity contribution in [2.24, 2.45) is 5.92 Å². The van der Waals surface area contributed by atoms with Crippen LogP contribution in [0.4, 0.5) is 10.1 Å². The Morgan fingerprint density at radius 2 is 2.28 bits per heavy atom. The Labute approximate surface area is 103 Å². The summed E-state index contributed by atoms with van der Waals surface area (Å²) in [6.07, 6.45) is 0.0312. The molecule has 0 saturated carbocycles. The van der Waals surface area contributed by atoms with E-state index >= 15 is 0 Å². The second kappa shape index (κ2) is 4.64. The Kier molecular flexibility index (Phi) is 3.18. The number of hydrogen-bond acceptors (Lipinski definition) is 4. The number of amides is 1. The second-order valence-corrected chi connectivity index (χ2v) is 4.06. The van der Waals surface area contributed by atoms with Gasteiger partial charge in [0.15, 0.2) is 0 Å². The standard InChI is InChI=1S/C12H12FNO4/c1-18-12(17)7-4-11(16)14(6-7)9-3-2-8(13)5-10(9)15/h2-3,5,7,15H,4,6H2,1H3. The summed E-state index contributed by atoms with van der Waals surface area (Å²) < 4.78 is 17.4. The summed E-state index contributed by atoms with van der Waals surface area (Å²) in [5, 5.41) is 9.60. The lowest BCUT2D eigenvalue weighted by molar-refractivity contribution is -0.145. The first kappa shape index (κ1) is 12.3. The first-order chi connectivity index (χ1) is 8.52. The highest BCUT2D eigenvalue weighted by Gasteiger charge is 2.36. The molecule has 1 heterocycles. The van der Waals surface area contributed by atoms with Crippen LogP contribution in [0.1, 0.15) is 6.42 Å². The predicted molar refractivity (Wildman–Crippen MR) is 60.5 cm³/mol. The molecule has 1 fully saturated rings. The van der Waals surface area contributed by atoms with E-state index in [0.717, 1.165) is 12.1 Å². The van der Waals surface area contributed by atoms with Crippen LogP contribution in [0.15, 0.2) is 18.2 Å². The number of carbonyl (C=O) groups excluding carboxylic acids is 2. The number of aromatic hydroxyl groups is 1. The van der Waals surface area contributed by atoms with E-state index < -0.39 is 17.7 Å². The summed E-state index contributed by atoms with van der Waals surface area (Å²) in [6, 6.07) is 3.38. The molecular formula is C12H12FNO4. The first-order valence-electron chi connectivity index (χ1n) is 5.39. The van der Waals surface area contributed by atoms with Crippen LogP contribution in [0.3, 0.4) is 0 Å². The number of methoxy groups -OCH3 is 1. The normalized spacial score (nSPS) is 19.1. The van der Waals surface area contributed by atoms with Gasteiger partial charge in [-0.05, 0) is 12.1 Å². The Hall–Kier alpha value is -2.11. The molecule has 1 aliphatic rings. The van der Waals surface area contributed by atoms with Crippen molar-refractivity contribution in [1.29, 1.82) is 0 Å². The minimum Gasteiger partial charge on any atom is -0.506 e. The van der Waals surface area contributed by atoms with Crippen molar-refractivity contribution in [3.63, 3.8) is 0 Å². The van der Waals surface area contributed by atoms with Gasteiger partial charge < -0.3 is 14.7 Å². The quantitative estimate of drug-likeness (QED) is 0.800. The van der Waals surface area contributed by atoms with Crippen LogP contribution in [0.5, 0.6) is 5.75 Å². The topological polar surface area (TPSA) is 66.8 Å². The number of anilines is 1. The number of halogens is 1. The molecule has 1 unspecified atom stereocenters. The predicted octanol–water partition coefficient (Wildman–Crippen LogP) is 1.06. The summed E-state index contributed by atoms with van der Waals surface area (Å²) in [6.45, 7) is 0.130. The Morgan fingerprint density at radius 3 is 2.89 bits per heavy atom. The smallest absolute Gasteiger partial charge is 0.311 e. The van der Waals surface area contributed by atoms with Gasteiger partial charge in [0.1, 0.15) is 11.6 Å². The Morgan fingerprint density at radius 1 is 1.56 bits per heavy atom. The maximum absolute atomic E-state index is 12.9. The van der Waals surface area contributed by atoms with Gasteiger partial charge in [-0.2, -0.15) is 0 Å². The number of nitrogens with zero attached hydrogens (tertiary/aromatic N) is 1. The van der Waals surface area contributed by atoms with Gasteiger partial charge in [-0.1, -0.05) is 0 Å². The summed E-state index contributed by atoms with van der Waals surface area (Å²) in [7, 11) is 1.25. The van der Waals surface area contributed by atoms with Crippen LogP contribution >= 0.6 is 0 Å². The van der Waals surface area contributed by atoms with E-state index in [1.165, 1.54) is 18.1 Å². The SMILES string of the molecule is COC(=O)C1CC(=O)N(c2ccc(F)cc2O)C1. The van der Waals surface area contributed by atoms with Gasteiger partial charge in [0, 0.05) is 19.0 Å². The minimum atomic E-state index is -0.590. The van der Waals surface area contributed by atoms with Gasteiger partial charge in [-0.3, -0.25) is 9.59 Å². The molecule has 96 valence electrons. The summed E-state index contributed by atoms with van der Waals surface area (Å²) in [5.41, 5.74) is 0.202. The molecule has 0 radical (unpaired) electrons. The third-order valence-electron chi connectivity index (χ3n) is 2.89. The molecule has 1 N–H and O–H groups in total. The largest absolute Gasteiger partial charge is 0.506 e. The molecule has 6 heteroatoms. The van der Waals surface area contributed by atoms with Crippen LogP contribution in [-0.2, 0) is 14.3 Å². The number of esters is 1. The summed E-state index contributed by atoms with van der Waals surface area (Å²) >= 11 is 0. The monoisotopic (exact) mass is 253 g/mol. The number of carbonyl (C=O) groups is 2. The van der Waals surface area contributed by atoms with E-state index in [4.69, 9.17) is 0 Å². The van der Waals surface area contributed by atoms with E-state index in [1.807, 2.05) is 0 Å². The van der Waals surface area contributed by atoms with Gasteiger partial charge in [0.25, 0.3) is 0 Å². The molecule has 0 bridgehead atoms. The van der Waals surface area contributed by atoms with Crippen molar-refractivity contribution < 1.29 is 23.8 Å². The lowest BCUT2D eigenvalue weighted by Gasteiger charge is -2.17. The number of rotatable bonds is 2. The van der Waals surface area contributed by atoms with Crippen molar-refractivity contribution in [2.45, 2.75) is 6.42 Å². The van der Waals surface area contributed by atoms with Gasteiger partial charge in [0.05, 0.1) is 18.7 Å². The fourth-order valence-corrected chi connectivity index (χ4v) is 1.99. The van der Waals surface area contributed by atoms with Gasteiger partial charge in [0.2, 0.25) is 5.91 Å². The molecule has 1 aromatic rings. The Balaban J connectivity index is 2.24. The average molecular weight is 253 g/mol. The van der Waals surface area contributed by atoms with Crippen molar-refractivity contribution >= 4 is 17.6 Å². The van der Waals surface area contributed by atoms with E-state index in [2.05, 4.69) is 4.74 Å². The fourth-order valence-electron chi connectivity index (χ4n) is 1.99. The van der Waals surface area contributed by atoms with Crippen LogP contribution in [0.25, 0.3) is 0 Å². The molecule has 1 amide bonds. The van der Waals surface area contributed by atoms with Crippen molar-refractivity contribution in [3.8, 4) is 5.75 Å². The first-order valence-corrected chi connectivity index (χ1v) is 5.39. The molecule has 0 aliphatic carbocycles. The molecule has 1 aromatic carbocycles. The number of ether oxygens (including phenoxy) is 1. The minimum absolute atomic E-state index is 0.0312. The number of phenolic OH excluding ortho intramolecular Hbond substituents is 1. The molecule has 1 atom stereocenters. The van der Waals surface area contributed by atoms with Gasteiger partial charge in [-0.15, -0.1) is 0 Å². The zero-order valence-electron chi connectivity index (χ0n) is 9.72. The van der Waals surface area contributed by atoms with E-state index in [9.17, 15) is 19.1 Å². The van der Waals surface area contributed by atoms with Crippen LogP contribution in [0.2, 0.25) is 0 Å². The van der Waals surface area contributed by atoms with E-state index in [0.29, 0.717) is 0 Å². The number of benzene rings is 1. The summed E-state index contributed by atoms with van der Waals surface area (Å²) in [5.74, 6) is -2.23. The lowest BCUT2D eigenvalue weighted by Crippen LogP contribution is -2.26. The molecule has 1 aliphatic heterocycles. The molecular weight excluding hydrogens is 241 g/mol. The highest BCUT2D eigenvalue weighted by Crippen LogP contribution is 2.32. The van der Waals surface area contributed by atoms with Crippen molar-refractivity contribution in [1.82, 2.24) is 0 Å². The van der Waals surface area contributed by atoms with E-state index in [1.54, 1.807) is 0 Å². The van der Waals surface area contributed by atoms with Crippen molar-refractivity contribution in [3.05, 3.63) is 24.0 Å². The fraction of sp³-hybridized carbons (Fsp3) is 0.333. The second-order valence-electron chi connectivity index (χ2n) is 4.06. The third kappa shape index (κ3) is 2.13. The number of hydrogen-bond donors (Lipinski definition) is 1. The Bertz CT molecular complexity index is 503. The average Bonchev–Trinajstić information content (AvgIpc) is 2.70. The molecule has 18 heavy (non-hydrogen) atoms. The molecule has 0 spiro atoms. The third-order valence-corrected chi connectivity index (χ3v) is 2.89. The summed E-state index contributed by atoms with van der Waals surface area (Å²) in [4.78, 5) is 24.4. The molecule has 1 saturated heterocycles. The van der Waals surface area contributed by atoms with Gasteiger partial charge in [-0.25, -0.2) is 4.39 Å². The maximum atomic E-state index is 12.9. The highest BCUT2D eigenvalue weighted by molar-refractivity contribution is 6.00. The lowest BCUT2D eigenvalue weighted by atomic mass is 10.1. The van der Waals surface area contributed by atoms with Gasteiger partial charge >= 0.3 is 5.97 Å².